The van der Waals surface area contributed by atoms with Crippen LogP contribution in [0.15, 0.2) is 23.8 Å². The number of aliphatic carboxylic acids is 1. The van der Waals surface area contributed by atoms with Crippen LogP contribution in [-0.4, -0.2) is 40.4 Å². The lowest BCUT2D eigenvalue weighted by Crippen LogP contribution is -2.40. The number of allylic oxidation sites excluding steroid dienone is 2. The molecule has 0 radical (unpaired) electrons. The normalized spacial score (nSPS) is 25.8. The number of carbonyl (C=O) groups excluding carboxylic acids is 1. The van der Waals surface area contributed by atoms with E-state index in [4.69, 9.17) is 10.8 Å². The van der Waals surface area contributed by atoms with Crippen LogP contribution in [0.2, 0.25) is 0 Å². The molecule has 0 aromatic rings. The highest BCUT2D eigenvalue weighted by atomic mass is 16.6. The first-order chi connectivity index (χ1) is 7.43. The molecule has 1 aliphatic carbocycles. The van der Waals surface area contributed by atoms with Crippen LogP contribution in [0.25, 0.3) is 0 Å². The van der Waals surface area contributed by atoms with E-state index in [1.807, 2.05) is 0 Å². The van der Waals surface area contributed by atoms with Gasteiger partial charge in [0.2, 0.25) is 0 Å². The van der Waals surface area contributed by atoms with Gasteiger partial charge in [0, 0.05) is 0 Å². The van der Waals surface area contributed by atoms with Gasteiger partial charge >= 0.3 is 11.9 Å². The number of hydrogen-bond donors (Lipinski definition) is 3. The van der Waals surface area contributed by atoms with Crippen LogP contribution in [-0.2, 0) is 14.3 Å². The summed E-state index contributed by atoms with van der Waals surface area (Å²) < 4.78 is 4.64. The Morgan fingerprint density at radius 3 is 2.75 bits per heavy atom. The molecule has 0 spiro atoms. The van der Waals surface area contributed by atoms with Gasteiger partial charge in [-0.25, -0.2) is 9.59 Å². The number of nitrogens with two attached hydrogens (primary N) is 1. The molecule has 0 bridgehead atoms. The molecule has 6 heteroatoms. The third-order valence-corrected chi connectivity index (χ3v) is 2.18. The Morgan fingerprint density at radius 1 is 1.56 bits per heavy atom. The van der Waals surface area contributed by atoms with Gasteiger partial charge in [-0.05, 0) is 6.92 Å². The van der Waals surface area contributed by atoms with E-state index in [9.17, 15) is 14.7 Å². The summed E-state index contributed by atoms with van der Waals surface area (Å²) in [6, 6.07) is -0.890. The van der Waals surface area contributed by atoms with Crippen LogP contribution in [0.4, 0.5) is 0 Å². The van der Waals surface area contributed by atoms with Crippen LogP contribution in [0, 0.1) is 0 Å². The minimum atomic E-state index is -1.25. The second-order valence-corrected chi connectivity index (χ2v) is 3.41. The highest BCUT2D eigenvalue weighted by Crippen LogP contribution is 2.14. The molecule has 0 aromatic carbocycles. The van der Waals surface area contributed by atoms with Crippen LogP contribution < -0.4 is 5.73 Å². The molecule has 3 atom stereocenters. The molecule has 0 heterocycles. The van der Waals surface area contributed by atoms with Crippen LogP contribution in [0.5, 0.6) is 0 Å². The molecule has 3 unspecified atom stereocenters. The topological polar surface area (TPSA) is 110 Å². The molecule has 0 saturated heterocycles. The summed E-state index contributed by atoms with van der Waals surface area (Å²) in [4.78, 5) is 22.0. The first-order valence-corrected chi connectivity index (χ1v) is 4.69. The number of aliphatic hydroxyl groups is 1. The zero-order chi connectivity index (χ0) is 12.3. The molecule has 1 aliphatic rings. The van der Waals surface area contributed by atoms with Crippen molar-refractivity contribution in [3.05, 3.63) is 23.8 Å². The average molecular weight is 227 g/mol. The highest BCUT2D eigenvalue weighted by Gasteiger charge is 2.28. The van der Waals surface area contributed by atoms with Crippen molar-refractivity contribution in [1.29, 1.82) is 0 Å². The van der Waals surface area contributed by atoms with E-state index >= 15 is 0 Å². The molecule has 0 amide bonds. The van der Waals surface area contributed by atoms with Gasteiger partial charge in [-0.2, -0.15) is 0 Å². The second kappa shape index (κ2) is 4.91. The number of hydrogen-bond acceptors (Lipinski definition) is 5. The molecule has 0 aromatic heterocycles. The van der Waals surface area contributed by atoms with E-state index in [2.05, 4.69) is 4.74 Å². The minimum Gasteiger partial charge on any atom is -0.479 e. The Morgan fingerprint density at radius 2 is 2.19 bits per heavy atom. The maximum atomic E-state index is 11.5. The van der Waals surface area contributed by atoms with E-state index in [1.54, 1.807) is 0 Å². The van der Waals surface area contributed by atoms with E-state index in [-0.39, 0.29) is 5.57 Å². The monoisotopic (exact) mass is 227 g/mol. The van der Waals surface area contributed by atoms with E-state index in [0.29, 0.717) is 0 Å². The number of aliphatic hydroxyl groups excluding tert-OH is 1. The summed E-state index contributed by atoms with van der Waals surface area (Å²) in [5.41, 5.74) is 5.62. The lowest BCUT2D eigenvalue weighted by atomic mass is 9.97. The van der Waals surface area contributed by atoms with Crippen molar-refractivity contribution in [2.45, 2.75) is 25.2 Å². The molecule has 88 valence electrons. The van der Waals surface area contributed by atoms with Crippen LogP contribution in [0.3, 0.4) is 0 Å². The quantitative estimate of drug-likeness (QED) is 0.544. The minimum absolute atomic E-state index is 0.0584. The van der Waals surface area contributed by atoms with Gasteiger partial charge in [0.05, 0.1) is 17.7 Å². The largest absolute Gasteiger partial charge is 0.479 e. The van der Waals surface area contributed by atoms with Crippen molar-refractivity contribution in [3.63, 3.8) is 0 Å². The SMILES string of the molecule is CC(OC(=O)C1=CC=CC(O)C1N)C(=O)O. The summed E-state index contributed by atoms with van der Waals surface area (Å²) in [6.45, 7) is 1.24. The first-order valence-electron chi connectivity index (χ1n) is 4.69. The summed E-state index contributed by atoms with van der Waals surface area (Å²) in [5, 5.41) is 17.9. The predicted octanol–water partition coefficient (Wildman–Crippen LogP) is -0.813. The van der Waals surface area contributed by atoms with Gasteiger partial charge in [0.25, 0.3) is 0 Å². The third-order valence-electron chi connectivity index (χ3n) is 2.18. The summed E-state index contributed by atoms with van der Waals surface area (Å²) in [5.74, 6) is -2.07. The number of esters is 1. The summed E-state index contributed by atoms with van der Waals surface area (Å²) >= 11 is 0. The van der Waals surface area contributed by atoms with Crippen molar-refractivity contribution in [2.24, 2.45) is 5.73 Å². The van der Waals surface area contributed by atoms with E-state index in [0.717, 1.165) is 0 Å². The molecule has 0 saturated carbocycles. The highest BCUT2D eigenvalue weighted by molar-refractivity contribution is 5.92. The number of carboxylic acid groups (broad SMARTS) is 1. The first kappa shape index (κ1) is 12.4. The molecule has 1 rings (SSSR count). The van der Waals surface area contributed by atoms with E-state index in [1.165, 1.54) is 25.2 Å². The van der Waals surface area contributed by atoms with E-state index < -0.39 is 30.2 Å². The predicted molar refractivity (Wildman–Crippen MR) is 54.4 cm³/mol. The van der Waals surface area contributed by atoms with Crippen molar-refractivity contribution in [3.8, 4) is 0 Å². The Hall–Kier alpha value is -1.66. The zero-order valence-electron chi connectivity index (χ0n) is 8.66. The number of rotatable bonds is 3. The van der Waals surface area contributed by atoms with Crippen molar-refractivity contribution in [2.75, 3.05) is 0 Å². The fraction of sp³-hybridized carbons (Fsp3) is 0.400. The maximum Gasteiger partial charge on any atom is 0.344 e. The molecule has 0 aliphatic heterocycles. The zero-order valence-corrected chi connectivity index (χ0v) is 8.66. The maximum absolute atomic E-state index is 11.5. The fourth-order valence-electron chi connectivity index (χ4n) is 1.17. The Balaban J connectivity index is 2.71. The summed E-state index contributed by atoms with van der Waals surface area (Å²) in [6.07, 6.45) is 2.09. The van der Waals surface area contributed by atoms with Gasteiger partial charge in [0.1, 0.15) is 0 Å². The van der Waals surface area contributed by atoms with Gasteiger partial charge in [0.15, 0.2) is 6.10 Å². The van der Waals surface area contributed by atoms with Crippen LogP contribution in [0.1, 0.15) is 6.92 Å². The van der Waals surface area contributed by atoms with Crippen molar-refractivity contribution < 1.29 is 24.5 Å². The number of ether oxygens (including phenoxy) is 1. The number of carbonyl (C=O) groups is 2. The fourth-order valence-corrected chi connectivity index (χ4v) is 1.17. The Labute approximate surface area is 92.0 Å². The number of carboxylic acids is 1. The standard InChI is InChI=1S/C10H13NO5/c1-5(9(13)14)16-10(15)6-3-2-4-7(12)8(6)11/h2-5,7-8,12H,11H2,1H3,(H,13,14). The lowest BCUT2D eigenvalue weighted by molar-refractivity contribution is -0.160. The van der Waals surface area contributed by atoms with Gasteiger partial charge in [-0.3, -0.25) is 0 Å². The molecule has 16 heavy (non-hydrogen) atoms. The van der Waals surface area contributed by atoms with Crippen molar-refractivity contribution >= 4 is 11.9 Å². The summed E-state index contributed by atoms with van der Waals surface area (Å²) in [7, 11) is 0. The van der Waals surface area contributed by atoms with Gasteiger partial charge < -0.3 is 20.7 Å². The average Bonchev–Trinajstić information content (AvgIpc) is 2.21. The molecule has 6 nitrogen and oxygen atoms in total. The second-order valence-electron chi connectivity index (χ2n) is 3.41. The molecular formula is C10H13NO5. The Bertz CT molecular complexity index is 360. The lowest BCUT2D eigenvalue weighted by Gasteiger charge is -2.21. The molecular weight excluding hydrogens is 214 g/mol. The van der Waals surface area contributed by atoms with Crippen LogP contribution >= 0.6 is 0 Å². The smallest absolute Gasteiger partial charge is 0.344 e. The third kappa shape index (κ3) is 2.68. The molecule has 4 N–H and O–H groups in total. The molecule has 0 fully saturated rings. The van der Waals surface area contributed by atoms with Gasteiger partial charge in [-0.15, -0.1) is 0 Å². The Kier molecular flexibility index (Phi) is 3.81. The van der Waals surface area contributed by atoms with Gasteiger partial charge in [-0.1, -0.05) is 18.2 Å². The van der Waals surface area contributed by atoms with Crippen molar-refractivity contribution in [1.82, 2.24) is 0 Å².